The van der Waals surface area contributed by atoms with Crippen LogP contribution in [-0.2, 0) is 31.4 Å². The van der Waals surface area contributed by atoms with Crippen LogP contribution in [0.25, 0.3) is 5.69 Å². The highest BCUT2D eigenvalue weighted by Gasteiger charge is 2.46. The quantitative estimate of drug-likeness (QED) is 0.0643. The molecule has 3 unspecified atom stereocenters. The van der Waals surface area contributed by atoms with Gasteiger partial charge in [-0.15, -0.1) is 0 Å². The Kier molecular flexibility index (Phi) is 17.2. The minimum Gasteiger partial charge on any atom is -0.491 e. The van der Waals surface area contributed by atoms with E-state index in [0.29, 0.717) is 48.2 Å². The smallest absolute Gasteiger partial charge is 0.350 e. The molecule has 3 aromatic heterocycles. The molecule has 5 fully saturated rings. The molecule has 4 saturated heterocycles. The fourth-order valence-corrected chi connectivity index (χ4v) is 11.8. The summed E-state index contributed by atoms with van der Waals surface area (Å²) in [6.07, 6.45) is 16.3. The van der Waals surface area contributed by atoms with Crippen LogP contribution >= 0.6 is 23.2 Å². The monoisotopic (exact) mass is 1090 g/mol. The number of hydrogen-bond acceptors (Lipinski definition) is 15. The molecule has 5 aliphatic rings. The van der Waals surface area contributed by atoms with E-state index in [2.05, 4.69) is 69.0 Å². The first kappa shape index (κ1) is 54.0. The summed E-state index contributed by atoms with van der Waals surface area (Å²) in [5.41, 5.74) is 3.65. The number of nitrogens with zero attached hydrogens (tertiary/aromatic N) is 13. The Morgan fingerprint density at radius 3 is 2.03 bits per heavy atom. The van der Waals surface area contributed by atoms with E-state index in [1.165, 1.54) is 28.8 Å². The van der Waals surface area contributed by atoms with Gasteiger partial charge in [-0.1, -0.05) is 49.0 Å². The molecule has 11 rings (SSSR count). The standard InChI is InChI=1S/C35H38Cl2N8O4.C21H31N5O2/c1-3-25(2)45-34(46)44(24-40-45)29-7-5-27(6-8-29)41-14-16-42(17-15-41)28-9-11-30(12-10-28)47-19-31-20-48-35(49-31,21-43-23-38-22-39-43)32-13-4-26(36)18-33(32)37;27-18-16-21(6-1-2-7-21)17-19(28)26(18)11-4-3-10-24-12-14-25(15-13-24)20-22-8-5-9-23-20/h4-13,18,22-25,31H,3,14-17,19-21H2,1-2H3;5,8-9H,1-4,6-7,10-17H2. The number of ether oxygens (including phenoxy) is 3. The molecular weight excluding hydrogens is 1020 g/mol. The number of halogens is 2. The highest BCUT2D eigenvalue weighted by molar-refractivity contribution is 6.35. The van der Waals surface area contributed by atoms with E-state index in [4.69, 9.17) is 37.4 Å². The van der Waals surface area contributed by atoms with Crippen molar-refractivity contribution < 1.29 is 23.8 Å². The van der Waals surface area contributed by atoms with Crippen LogP contribution in [0.4, 0.5) is 17.3 Å². The molecule has 19 nitrogen and oxygen atoms in total. The number of anilines is 3. The Morgan fingerprint density at radius 2 is 1.39 bits per heavy atom. The predicted molar refractivity (Wildman–Crippen MR) is 295 cm³/mol. The Hall–Kier alpha value is -6.38. The fourth-order valence-electron chi connectivity index (χ4n) is 11.2. The third kappa shape index (κ3) is 12.8. The molecule has 1 aliphatic carbocycles. The number of carbonyl (C=O) groups is 2. The molecule has 6 aromatic rings. The molecule has 0 N–H and O–H groups in total. The van der Waals surface area contributed by atoms with Crippen molar-refractivity contribution in [3.63, 3.8) is 0 Å². The first-order valence-electron chi connectivity index (χ1n) is 27.1. The minimum absolute atomic E-state index is 0.00676. The summed E-state index contributed by atoms with van der Waals surface area (Å²) in [4.78, 5) is 61.5. The van der Waals surface area contributed by atoms with E-state index in [9.17, 15) is 14.4 Å². The van der Waals surface area contributed by atoms with Crippen LogP contribution < -0.4 is 25.1 Å². The van der Waals surface area contributed by atoms with Gasteiger partial charge in [-0.25, -0.2) is 33.7 Å². The maximum absolute atomic E-state index is 12.8. The van der Waals surface area contributed by atoms with Crippen molar-refractivity contribution in [3.8, 4) is 11.4 Å². The lowest BCUT2D eigenvalue weighted by molar-refractivity contribution is -0.190. The number of amides is 2. The van der Waals surface area contributed by atoms with E-state index in [1.807, 2.05) is 50.2 Å². The fraction of sp³-hybridized carbons (Fsp3) is 0.500. The van der Waals surface area contributed by atoms with E-state index in [0.717, 1.165) is 120 Å². The molecule has 21 heteroatoms. The molecule has 3 aromatic carbocycles. The molecule has 3 atom stereocenters. The van der Waals surface area contributed by atoms with E-state index >= 15 is 0 Å². The van der Waals surface area contributed by atoms with Crippen molar-refractivity contribution in [1.29, 1.82) is 0 Å². The van der Waals surface area contributed by atoms with E-state index in [1.54, 1.807) is 46.4 Å². The maximum atomic E-state index is 12.8. The number of hydrogen-bond donors (Lipinski definition) is 0. The predicted octanol–water partition coefficient (Wildman–Crippen LogP) is 7.67. The zero-order valence-corrected chi connectivity index (χ0v) is 45.6. The summed E-state index contributed by atoms with van der Waals surface area (Å²) in [6.45, 7) is 14.0. The summed E-state index contributed by atoms with van der Waals surface area (Å²) in [7, 11) is 0. The number of piperidine rings is 1. The molecular formula is C56H69Cl2N13O6. The van der Waals surface area contributed by atoms with Crippen molar-refractivity contribution in [2.45, 2.75) is 96.1 Å². The van der Waals surface area contributed by atoms with Crippen molar-refractivity contribution in [3.05, 3.63) is 130 Å². The second kappa shape index (κ2) is 24.5. The summed E-state index contributed by atoms with van der Waals surface area (Å²) < 4.78 is 23.7. The first-order valence-corrected chi connectivity index (χ1v) is 27.9. The van der Waals surface area contributed by atoms with E-state index in [-0.39, 0.29) is 41.6 Å². The van der Waals surface area contributed by atoms with Gasteiger partial charge < -0.3 is 28.9 Å². The third-order valence-corrected chi connectivity index (χ3v) is 16.3. The Labute approximate surface area is 459 Å². The molecule has 77 heavy (non-hydrogen) atoms. The minimum atomic E-state index is -1.16. The van der Waals surface area contributed by atoms with Gasteiger partial charge in [0.2, 0.25) is 23.5 Å². The largest absolute Gasteiger partial charge is 0.491 e. The van der Waals surface area contributed by atoms with Gasteiger partial charge in [0.05, 0.1) is 23.4 Å². The number of benzene rings is 3. The number of carbonyl (C=O) groups excluding carboxylic acids is 2. The van der Waals surface area contributed by atoms with Crippen LogP contribution in [0.1, 0.15) is 83.2 Å². The van der Waals surface area contributed by atoms with Gasteiger partial charge in [0, 0.05) is 106 Å². The molecule has 0 radical (unpaired) electrons. The Bertz CT molecular complexity index is 2920. The van der Waals surface area contributed by atoms with Crippen LogP contribution in [0.5, 0.6) is 5.75 Å². The lowest BCUT2D eigenvalue weighted by Crippen LogP contribution is -2.48. The molecule has 7 heterocycles. The highest BCUT2D eigenvalue weighted by atomic mass is 35.5. The summed E-state index contributed by atoms with van der Waals surface area (Å²) in [6, 6.07) is 23.4. The van der Waals surface area contributed by atoms with E-state index < -0.39 is 5.79 Å². The number of piperazine rings is 2. The van der Waals surface area contributed by atoms with Crippen LogP contribution in [0.15, 0.2) is 109 Å². The highest BCUT2D eigenvalue weighted by Crippen LogP contribution is 2.47. The number of imide groups is 1. The van der Waals surface area contributed by atoms with Gasteiger partial charge in [-0.2, -0.15) is 10.2 Å². The Morgan fingerprint density at radius 1 is 0.753 bits per heavy atom. The molecule has 408 valence electrons. The second-order valence-electron chi connectivity index (χ2n) is 20.9. The average Bonchev–Trinajstić information content (AvgIpc) is 4.36. The third-order valence-electron chi connectivity index (χ3n) is 15.8. The number of rotatable bonds is 17. The topological polar surface area (TPSA) is 174 Å². The zero-order valence-electron chi connectivity index (χ0n) is 44.0. The van der Waals surface area contributed by atoms with Crippen LogP contribution in [0.2, 0.25) is 10.0 Å². The number of likely N-dealkylation sites (tertiary alicyclic amines) is 1. The summed E-state index contributed by atoms with van der Waals surface area (Å²) in [5.74, 6) is 0.528. The van der Waals surface area contributed by atoms with Crippen LogP contribution in [0, 0.1) is 5.41 Å². The van der Waals surface area contributed by atoms with Crippen LogP contribution in [-0.4, -0.2) is 145 Å². The molecule has 1 saturated carbocycles. The Balaban J connectivity index is 0.000000203. The maximum Gasteiger partial charge on any atom is 0.350 e. The van der Waals surface area contributed by atoms with Gasteiger partial charge in [0.25, 0.3) is 0 Å². The van der Waals surface area contributed by atoms with Gasteiger partial charge in [-0.3, -0.25) is 19.4 Å². The molecule has 2 amide bonds. The number of unbranched alkanes of at least 4 members (excludes halogenated alkanes) is 1. The molecule has 4 aliphatic heterocycles. The lowest BCUT2D eigenvalue weighted by atomic mass is 9.76. The lowest BCUT2D eigenvalue weighted by Gasteiger charge is -2.37. The molecule has 1 spiro atoms. The van der Waals surface area contributed by atoms with Gasteiger partial charge in [0.1, 0.15) is 44.0 Å². The summed E-state index contributed by atoms with van der Waals surface area (Å²) >= 11 is 12.7. The molecule has 0 bridgehead atoms. The number of aromatic nitrogens is 8. The van der Waals surface area contributed by atoms with Crippen molar-refractivity contribution in [1.82, 2.24) is 48.9 Å². The second-order valence-corrected chi connectivity index (χ2v) is 21.7. The van der Waals surface area contributed by atoms with Crippen LogP contribution in [0.3, 0.4) is 0 Å². The summed E-state index contributed by atoms with van der Waals surface area (Å²) in [5, 5.41) is 9.50. The zero-order chi connectivity index (χ0) is 53.4. The van der Waals surface area contributed by atoms with Crippen molar-refractivity contribution in [2.24, 2.45) is 5.41 Å². The normalized spacial score (nSPS) is 21.2. The van der Waals surface area contributed by atoms with Gasteiger partial charge in [0.15, 0.2) is 0 Å². The van der Waals surface area contributed by atoms with Gasteiger partial charge >= 0.3 is 5.69 Å². The first-order chi connectivity index (χ1) is 37.5. The SMILES string of the molecule is CCC(C)n1ncn(-c2ccc(N3CCN(c4ccc(OCC5COC(Cn6cncn6)(c6ccc(Cl)cc6Cl)O5)cc4)CC3)cc2)c1=O.O=C1CC2(CCCC2)CC(=O)N1CCCCN1CCN(c2ncccn2)CC1. The van der Waals surface area contributed by atoms with Crippen molar-refractivity contribution in [2.75, 3.05) is 93.4 Å². The average molecular weight is 1090 g/mol. The van der Waals surface area contributed by atoms with Crippen molar-refractivity contribution >= 4 is 52.3 Å². The van der Waals surface area contributed by atoms with Gasteiger partial charge in [-0.05, 0) is 118 Å².